The Balaban J connectivity index is 1.19. The highest BCUT2D eigenvalue weighted by Gasteiger charge is 2.65. The summed E-state index contributed by atoms with van der Waals surface area (Å²) in [6.07, 6.45) is 8.64. The Labute approximate surface area is 236 Å². The molecule has 0 heterocycles. The average Bonchev–Trinajstić information content (AvgIpc) is 3.27. The van der Waals surface area contributed by atoms with Crippen molar-refractivity contribution in [3.05, 3.63) is 35.9 Å². The van der Waals surface area contributed by atoms with Crippen LogP contribution >= 0.6 is 0 Å². The molecular formula is C34H53NO4. The number of rotatable bonds is 8. The second kappa shape index (κ2) is 11.4. The van der Waals surface area contributed by atoms with Gasteiger partial charge in [-0.15, -0.1) is 0 Å². The molecule has 0 aromatic heterocycles. The number of nitrogens with one attached hydrogen (secondary N) is 1. The Hall–Kier alpha value is -1.43. The summed E-state index contributed by atoms with van der Waals surface area (Å²) in [6.45, 7) is 9.05. The first-order valence-corrected chi connectivity index (χ1v) is 15.9. The summed E-state index contributed by atoms with van der Waals surface area (Å²) in [5.41, 5.74) is 1.20. The molecular weight excluding hydrogens is 486 g/mol. The van der Waals surface area contributed by atoms with Crippen molar-refractivity contribution in [2.75, 3.05) is 0 Å². The number of carbonyl (C=O) groups is 1. The highest BCUT2D eigenvalue weighted by atomic mass is 16.3. The smallest absolute Gasteiger partial charge is 0.220 e. The minimum Gasteiger partial charge on any atom is -0.393 e. The average molecular weight is 540 g/mol. The molecule has 4 fully saturated rings. The lowest BCUT2D eigenvalue weighted by Gasteiger charge is -2.63. The van der Waals surface area contributed by atoms with Crippen LogP contribution in [0.1, 0.15) is 97.5 Å². The van der Waals surface area contributed by atoms with Crippen LogP contribution in [-0.4, -0.2) is 45.6 Å². The van der Waals surface area contributed by atoms with Crippen molar-refractivity contribution in [2.45, 2.75) is 123 Å². The van der Waals surface area contributed by atoms with Crippen LogP contribution in [0.4, 0.5) is 0 Å². The second-order valence-corrected chi connectivity index (χ2v) is 14.5. The summed E-state index contributed by atoms with van der Waals surface area (Å²) < 4.78 is 0. The Morgan fingerprint density at radius 3 is 2.46 bits per heavy atom. The lowest BCUT2D eigenvalue weighted by atomic mass is 9.43. The van der Waals surface area contributed by atoms with Gasteiger partial charge in [-0.25, -0.2) is 0 Å². The standard InChI is InChI=1S/C34H53NO4/c1-21(10-15-31(39)35-22(2)11-12-23-8-6-5-7-9-23)26-13-14-27-32-28(20-30(38)34(26,27)4)33(3)17-16-25(36)18-24(33)19-29(32)37/h5-9,21-22,24-30,32,36-38H,10-20H2,1-4H3,(H,35,39)/t21-,22-,24-,25-,26+,27-,28-,29-,30+,32+,33+,34-/m1/s1. The summed E-state index contributed by atoms with van der Waals surface area (Å²) in [4.78, 5) is 12.8. The zero-order valence-corrected chi connectivity index (χ0v) is 24.7. The highest BCUT2D eigenvalue weighted by molar-refractivity contribution is 5.76. The number of aliphatic hydroxyl groups excluding tert-OH is 3. The van der Waals surface area contributed by atoms with Crippen molar-refractivity contribution >= 4 is 5.91 Å². The van der Waals surface area contributed by atoms with Crippen molar-refractivity contribution in [3.63, 3.8) is 0 Å². The van der Waals surface area contributed by atoms with E-state index in [9.17, 15) is 20.1 Å². The molecule has 1 aromatic carbocycles. The predicted octanol–water partition coefficient (Wildman–Crippen LogP) is 5.50. The fourth-order valence-corrected chi connectivity index (χ4v) is 10.1. The van der Waals surface area contributed by atoms with Gasteiger partial charge in [-0.3, -0.25) is 4.79 Å². The molecule has 1 aromatic rings. The van der Waals surface area contributed by atoms with Crippen LogP contribution in [0.2, 0.25) is 0 Å². The van der Waals surface area contributed by atoms with Gasteiger partial charge in [0.25, 0.3) is 0 Å². The molecule has 5 rings (SSSR count). The molecule has 0 spiro atoms. The zero-order chi connectivity index (χ0) is 27.9. The largest absolute Gasteiger partial charge is 0.393 e. The minimum absolute atomic E-state index is 0.102. The third-order valence-electron chi connectivity index (χ3n) is 12.5. The minimum atomic E-state index is -0.375. The lowest BCUT2D eigenvalue weighted by Crippen LogP contribution is -2.62. The van der Waals surface area contributed by atoms with Crippen molar-refractivity contribution in [1.29, 1.82) is 0 Å². The molecule has 4 N–H and O–H groups in total. The van der Waals surface area contributed by atoms with Gasteiger partial charge in [0.05, 0.1) is 18.3 Å². The van der Waals surface area contributed by atoms with E-state index in [1.54, 1.807) is 0 Å². The van der Waals surface area contributed by atoms with Crippen LogP contribution in [0.25, 0.3) is 0 Å². The van der Waals surface area contributed by atoms with Crippen LogP contribution in [0.15, 0.2) is 30.3 Å². The maximum Gasteiger partial charge on any atom is 0.220 e. The van der Waals surface area contributed by atoms with Gasteiger partial charge in [-0.05, 0) is 123 Å². The van der Waals surface area contributed by atoms with E-state index >= 15 is 0 Å². The van der Waals surface area contributed by atoms with Crippen LogP contribution in [-0.2, 0) is 11.2 Å². The molecule has 4 aliphatic rings. The monoisotopic (exact) mass is 539 g/mol. The summed E-state index contributed by atoms with van der Waals surface area (Å²) in [6, 6.07) is 10.6. The van der Waals surface area contributed by atoms with E-state index in [1.165, 1.54) is 5.56 Å². The summed E-state index contributed by atoms with van der Waals surface area (Å²) in [5, 5.41) is 36.8. The normalized spacial score (nSPS) is 43.1. The molecule has 0 bridgehead atoms. The maximum absolute atomic E-state index is 12.8. The SMILES string of the molecule is C[C@H](CCc1ccccc1)NC(=O)CC[C@@H](C)[C@@H]1CC[C@@H]2[C@@H]3[C@H](O)C[C@H]4C[C@H](O)CC[C@]4(C)[C@@H]3C[C@H](O)[C@@]21C. The van der Waals surface area contributed by atoms with Gasteiger partial charge in [0.15, 0.2) is 0 Å². The quantitative estimate of drug-likeness (QED) is 0.351. The lowest BCUT2D eigenvalue weighted by molar-refractivity contribution is -0.207. The molecule has 218 valence electrons. The topological polar surface area (TPSA) is 89.8 Å². The number of benzene rings is 1. The second-order valence-electron chi connectivity index (χ2n) is 14.5. The van der Waals surface area contributed by atoms with E-state index in [2.05, 4.69) is 57.3 Å². The predicted molar refractivity (Wildman–Crippen MR) is 155 cm³/mol. The Morgan fingerprint density at radius 2 is 1.72 bits per heavy atom. The highest BCUT2D eigenvalue weighted by Crippen LogP contribution is 2.68. The van der Waals surface area contributed by atoms with Crippen LogP contribution in [0.5, 0.6) is 0 Å². The van der Waals surface area contributed by atoms with E-state index in [0.717, 1.165) is 64.2 Å². The van der Waals surface area contributed by atoms with Crippen LogP contribution in [0, 0.1) is 46.3 Å². The molecule has 5 nitrogen and oxygen atoms in total. The van der Waals surface area contributed by atoms with Gasteiger partial charge >= 0.3 is 0 Å². The fourth-order valence-electron chi connectivity index (χ4n) is 10.1. The molecule has 4 aliphatic carbocycles. The number of hydrogen-bond acceptors (Lipinski definition) is 4. The molecule has 1 amide bonds. The Bertz CT molecular complexity index is 985. The number of aryl methyl sites for hydroxylation is 1. The first kappa shape index (κ1) is 29.1. The Kier molecular flexibility index (Phi) is 8.54. The number of amides is 1. The molecule has 12 atom stereocenters. The summed E-state index contributed by atoms with van der Waals surface area (Å²) in [7, 11) is 0. The van der Waals surface area contributed by atoms with E-state index in [0.29, 0.717) is 36.0 Å². The molecule has 4 saturated carbocycles. The Morgan fingerprint density at radius 1 is 0.974 bits per heavy atom. The van der Waals surface area contributed by atoms with Crippen molar-refractivity contribution in [1.82, 2.24) is 5.32 Å². The first-order valence-electron chi connectivity index (χ1n) is 15.9. The summed E-state index contributed by atoms with van der Waals surface area (Å²) in [5.74, 6) is 2.08. The summed E-state index contributed by atoms with van der Waals surface area (Å²) >= 11 is 0. The molecule has 0 radical (unpaired) electrons. The third kappa shape index (κ3) is 5.45. The van der Waals surface area contributed by atoms with Gasteiger partial charge in [0.2, 0.25) is 5.91 Å². The van der Waals surface area contributed by atoms with Crippen molar-refractivity contribution < 1.29 is 20.1 Å². The maximum atomic E-state index is 12.8. The first-order chi connectivity index (χ1) is 18.5. The molecule has 5 heteroatoms. The number of hydrogen-bond donors (Lipinski definition) is 4. The molecule has 0 saturated heterocycles. The number of aliphatic hydroxyl groups is 3. The number of fused-ring (bicyclic) bond motifs is 5. The van der Waals surface area contributed by atoms with E-state index in [4.69, 9.17) is 0 Å². The van der Waals surface area contributed by atoms with Crippen LogP contribution in [0.3, 0.4) is 0 Å². The number of carbonyl (C=O) groups excluding carboxylic acids is 1. The fraction of sp³-hybridized carbons (Fsp3) is 0.794. The van der Waals surface area contributed by atoms with Crippen LogP contribution < -0.4 is 5.32 Å². The molecule has 0 aliphatic heterocycles. The third-order valence-corrected chi connectivity index (χ3v) is 12.5. The molecule has 39 heavy (non-hydrogen) atoms. The van der Waals surface area contributed by atoms with E-state index in [-0.39, 0.29) is 47.0 Å². The van der Waals surface area contributed by atoms with Crippen molar-refractivity contribution in [2.24, 2.45) is 46.3 Å². The van der Waals surface area contributed by atoms with E-state index < -0.39 is 0 Å². The van der Waals surface area contributed by atoms with Gasteiger partial charge in [0.1, 0.15) is 0 Å². The van der Waals surface area contributed by atoms with Crippen molar-refractivity contribution in [3.8, 4) is 0 Å². The zero-order valence-electron chi connectivity index (χ0n) is 24.7. The van der Waals surface area contributed by atoms with Gasteiger partial charge in [0, 0.05) is 12.5 Å². The van der Waals surface area contributed by atoms with Gasteiger partial charge in [-0.1, -0.05) is 51.1 Å². The van der Waals surface area contributed by atoms with Gasteiger partial charge in [-0.2, -0.15) is 0 Å². The van der Waals surface area contributed by atoms with E-state index in [1.807, 2.05) is 6.07 Å². The molecule has 0 unspecified atom stereocenters. The van der Waals surface area contributed by atoms with Gasteiger partial charge < -0.3 is 20.6 Å².